The summed E-state index contributed by atoms with van der Waals surface area (Å²) in [7, 11) is 5.39. The van der Waals surface area contributed by atoms with Crippen molar-refractivity contribution in [3.63, 3.8) is 0 Å². The summed E-state index contributed by atoms with van der Waals surface area (Å²) in [5.74, 6) is 1.92. The molecule has 1 fully saturated rings. The van der Waals surface area contributed by atoms with Crippen LogP contribution in [0, 0.1) is 0 Å². The van der Waals surface area contributed by atoms with Crippen LogP contribution < -0.4 is 9.64 Å². The van der Waals surface area contributed by atoms with Crippen molar-refractivity contribution in [1.29, 1.82) is 0 Å². The largest absolute Gasteiger partial charge is 0.497 e. The molecule has 1 aromatic heterocycles. The van der Waals surface area contributed by atoms with Gasteiger partial charge in [-0.3, -0.25) is 4.90 Å². The Morgan fingerprint density at radius 3 is 2.96 bits per heavy atom. The van der Waals surface area contributed by atoms with Crippen molar-refractivity contribution >= 4 is 5.95 Å². The third-order valence-electron chi connectivity index (χ3n) is 4.06. The molecule has 1 aliphatic heterocycles. The van der Waals surface area contributed by atoms with Crippen LogP contribution >= 0.6 is 0 Å². The molecule has 0 radical (unpaired) electrons. The summed E-state index contributed by atoms with van der Waals surface area (Å²) in [6.45, 7) is 1.10. The quantitative estimate of drug-likeness (QED) is 0.894. The number of methoxy groups -OCH3 is 1. The molecule has 2 aromatic rings. The van der Waals surface area contributed by atoms with Gasteiger partial charge in [-0.05, 0) is 29.3 Å². The third-order valence-corrected chi connectivity index (χ3v) is 4.06. The predicted molar refractivity (Wildman–Crippen MR) is 85.4 cm³/mol. The van der Waals surface area contributed by atoms with Gasteiger partial charge in [0, 0.05) is 26.7 Å². The maximum Gasteiger partial charge on any atom is 0.265 e. The Bertz CT molecular complexity index is 658. The number of aliphatic hydroxyl groups is 1. The van der Waals surface area contributed by atoms with Crippen LogP contribution in [0.5, 0.6) is 5.75 Å². The predicted octanol–water partition coefficient (Wildman–Crippen LogP) is 1.45. The molecule has 7 heteroatoms. The van der Waals surface area contributed by atoms with E-state index in [1.54, 1.807) is 12.0 Å². The van der Waals surface area contributed by atoms with Gasteiger partial charge in [0.2, 0.25) is 5.89 Å². The molecule has 124 valence electrons. The van der Waals surface area contributed by atoms with Crippen LogP contribution in [0.15, 0.2) is 28.8 Å². The van der Waals surface area contributed by atoms with Crippen LogP contribution in [-0.2, 0) is 6.54 Å². The zero-order valence-corrected chi connectivity index (χ0v) is 13.6. The average Bonchev–Trinajstić information content (AvgIpc) is 3.14. The molecule has 0 saturated carbocycles. The molecule has 2 atom stereocenters. The molecular formula is C16H22N4O3. The van der Waals surface area contributed by atoms with Gasteiger partial charge in [0.25, 0.3) is 5.95 Å². The molecule has 0 unspecified atom stereocenters. The summed E-state index contributed by atoms with van der Waals surface area (Å²) in [4.78, 5) is 8.32. The molecule has 1 N–H and O–H groups in total. The number of aliphatic hydroxyl groups excluding tert-OH is 1. The Morgan fingerprint density at radius 2 is 2.26 bits per heavy atom. The molecule has 0 amide bonds. The van der Waals surface area contributed by atoms with E-state index in [0.29, 0.717) is 31.3 Å². The third kappa shape index (κ3) is 3.46. The van der Waals surface area contributed by atoms with E-state index >= 15 is 0 Å². The van der Waals surface area contributed by atoms with Gasteiger partial charge in [-0.1, -0.05) is 12.1 Å². The lowest BCUT2D eigenvalue weighted by atomic mass is 10.0. The number of β-amino-alcohol motifs (C(OH)–C–C–N with tert-alkyl or cyclic N) is 1. The Hall–Kier alpha value is -2.12. The van der Waals surface area contributed by atoms with E-state index in [-0.39, 0.29) is 12.1 Å². The van der Waals surface area contributed by atoms with Gasteiger partial charge in [0.1, 0.15) is 5.75 Å². The molecule has 2 heterocycles. The number of aromatic nitrogens is 2. The van der Waals surface area contributed by atoms with E-state index in [1.165, 1.54) is 0 Å². The molecule has 0 bridgehead atoms. The van der Waals surface area contributed by atoms with E-state index < -0.39 is 0 Å². The first-order valence-corrected chi connectivity index (χ1v) is 7.63. The standard InChI is InChI=1S/C16H22N4O3/c1-19(2)16-17-15(23-18-16)10-20-9-12(21)8-14(20)11-5-4-6-13(7-11)22-3/h4-7,12,14,21H,8-10H2,1-3H3/t12-,14-/m1/s1. The number of hydrogen-bond acceptors (Lipinski definition) is 7. The highest BCUT2D eigenvalue weighted by molar-refractivity contribution is 5.31. The van der Waals surface area contributed by atoms with Gasteiger partial charge >= 0.3 is 0 Å². The fourth-order valence-corrected chi connectivity index (χ4v) is 2.92. The smallest absolute Gasteiger partial charge is 0.265 e. The normalized spacial score (nSPS) is 21.6. The first-order chi connectivity index (χ1) is 11.1. The SMILES string of the molecule is COc1cccc([C@H]2C[C@@H](O)CN2Cc2nc(N(C)C)no2)c1. The summed E-state index contributed by atoms with van der Waals surface area (Å²) < 4.78 is 10.6. The van der Waals surface area contributed by atoms with Crippen LogP contribution in [0.2, 0.25) is 0 Å². The highest BCUT2D eigenvalue weighted by Crippen LogP contribution is 2.34. The highest BCUT2D eigenvalue weighted by atomic mass is 16.5. The lowest BCUT2D eigenvalue weighted by Gasteiger charge is -2.23. The van der Waals surface area contributed by atoms with Crippen LogP contribution in [0.4, 0.5) is 5.95 Å². The molecule has 1 aliphatic rings. The van der Waals surface area contributed by atoms with Crippen molar-refractivity contribution in [3.05, 3.63) is 35.7 Å². The van der Waals surface area contributed by atoms with Gasteiger partial charge < -0.3 is 19.3 Å². The Morgan fingerprint density at radius 1 is 1.43 bits per heavy atom. The lowest BCUT2D eigenvalue weighted by molar-refractivity contribution is 0.164. The monoisotopic (exact) mass is 318 g/mol. The summed E-state index contributed by atoms with van der Waals surface area (Å²) in [5.41, 5.74) is 1.12. The van der Waals surface area contributed by atoms with Crippen LogP contribution in [-0.4, -0.2) is 54.0 Å². The van der Waals surface area contributed by atoms with E-state index in [1.807, 2.05) is 32.3 Å². The second kappa shape index (κ2) is 6.55. The Balaban J connectivity index is 1.78. The van der Waals surface area contributed by atoms with Crippen molar-refractivity contribution in [2.45, 2.75) is 25.1 Å². The second-order valence-corrected chi connectivity index (χ2v) is 5.99. The second-order valence-electron chi connectivity index (χ2n) is 5.99. The zero-order chi connectivity index (χ0) is 16.4. The molecule has 3 rings (SSSR count). The van der Waals surface area contributed by atoms with Gasteiger partial charge in [0.15, 0.2) is 0 Å². The molecule has 1 aromatic carbocycles. The molecular weight excluding hydrogens is 296 g/mol. The maximum atomic E-state index is 10.1. The molecule has 0 spiro atoms. The van der Waals surface area contributed by atoms with E-state index in [0.717, 1.165) is 11.3 Å². The summed E-state index contributed by atoms with van der Waals surface area (Å²) >= 11 is 0. The zero-order valence-electron chi connectivity index (χ0n) is 13.6. The fraction of sp³-hybridized carbons (Fsp3) is 0.500. The minimum atomic E-state index is -0.359. The first-order valence-electron chi connectivity index (χ1n) is 7.63. The summed E-state index contributed by atoms with van der Waals surface area (Å²) in [6, 6.07) is 8.05. The van der Waals surface area contributed by atoms with E-state index in [4.69, 9.17) is 9.26 Å². The van der Waals surface area contributed by atoms with Crippen LogP contribution in [0.1, 0.15) is 23.9 Å². The van der Waals surface area contributed by atoms with Crippen molar-refractivity contribution < 1.29 is 14.4 Å². The van der Waals surface area contributed by atoms with Crippen LogP contribution in [0.25, 0.3) is 0 Å². The maximum absolute atomic E-state index is 10.1. The minimum absolute atomic E-state index is 0.106. The number of hydrogen-bond donors (Lipinski definition) is 1. The van der Waals surface area contributed by atoms with Crippen molar-refractivity contribution in [2.24, 2.45) is 0 Å². The first kappa shape index (κ1) is 15.8. The number of benzene rings is 1. The van der Waals surface area contributed by atoms with Crippen molar-refractivity contribution in [2.75, 3.05) is 32.6 Å². The molecule has 7 nitrogen and oxygen atoms in total. The fourth-order valence-electron chi connectivity index (χ4n) is 2.92. The van der Waals surface area contributed by atoms with Gasteiger partial charge in [0.05, 0.1) is 19.8 Å². The molecule has 0 aliphatic carbocycles. The van der Waals surface area contributed by atoms with Gasteiger partial charge in [-0.15, -0.1) is 0 Å². The lowest BCUT2D eigenvalue weighted by Crippen LogP contribution is -2.24. The number of rotatable bonds is 5. The summed E-state index contributed by atoms with van der Waals surface area (Å²) in [6.07, 6.45) is 0.324. The van der Waals surface area contributed by atoms with Gasteiger partial charge in [-0.25, -0.2) is 0 Å². The van der Waals surface area contributed by atoms with Gasteiger partial charge in [-0.2, -0.15) is 4.98 Å². The average molecular weight is 318 g/mol. The number of anilines is 1. The highest BCUT2D eigenvalue weighted by Gasteiger charge is 2.33. The van der Waals surface area contributed by atoms with Crippen LogP contribution in [0.3, 0.4) is 0 Å². The summed E-state index contributed by atoms with van der Waals surface area (Å²) in [5, 5.41) is 14.0. The number of likely N-dealkylation sites (tertiary alicyclic amines) is 1. The minimum Gasteiger partial charge on any atom is -0.497 e. The van der Waals surface area contributed by atoms with Crippen molar-refractivity contribution in [1.82, 2.24) is 15.0 Å². The van der Waals surface area contributed by atoms with E-state index in [2.05, 4.69) is 21.1 Å². The number of nitrogens with zero attached hydrogens (tertiary/aromatic N) is 4. The van der Waals surface area contributed by atoms with E-state index in [9.17, 15) is 5.11 Å². The van der Waals surface area contributed by atoms with Crippen molar-refractivity contribution in [3.8, 4) is 5.75 Å². The number of ether oxygens (including phenoxy) is 1. The molecule has 23 heavy (non-hydrogen) atoms. The molecule has 1 saturated heterocycles. The Labute approximate surface area is 135 Å². The topological polar surface area (TPSA) is 74.9 Å². The Kier molecular flexibility index (Phi) is 4.49.